The highest BCUT2D eigenvalue weighted by atomic mass is 32.1. The second-order valence-electron chi connectivity index (χ2n) is 4.72. The number of fused-ring (bicyclic) bond motifs is 1. The largest absolute Gasteiger partial charge is 0.368 e. The quantitative estimate of drug-likeness (QED) is 0.760. The SMILES string of the molecule is NC(=O)C(NCc1cccs1)c1cccc2cccnc12. The topological polar surface area (TPSA) is 68.0 Å². The summed E-state index contributed by atoms with van der Waals surface area (Å²) in [6, 6.07) is 13.1. The van der Waals surface area contributed by atoms with Gasteiger partial charge in [0, 0.05) is 28.6 Å². The van der Waals surface area contributed by atoms with Gasteiger partial charge in [0.2, 0.25) is 5.91 Å². The maximum absolute atomic E-state index is 11.8. The Kier molecular flexibility index (Phi) is 3.94. The highest BCUT2D eigenvalue weighted by Crippen LogP contribution is 2.23. The average Bonchev–Trinajstić information content (AvgIpc) is 3.01. The molecular weight excluding hydrogens is 282 g/mol. The van der Waals surface area contributed by atoms with E-state index in [4.69, 9.17) is 5.73 Å². The molecule has 0 spiro atoms. The Morgan fingerprint density at radius 1 is 1.24 bits per heavy atom. The summed E-state index contributed by atoms with van der Waals surface area (Å²) in [6.07, 6.45) is 1.73. The molecule has 0 saturated heterocycles. The Bertz CT molecular complexity index is 750. The zero-order chi connectivity index (χ0) is 14.7. The zero-order valence-electron chi connectivity index (χ0n) is 11.3. The van der Waals surface area contributed by atoms with Gasteiger partial charge in [-0.15, -0.1) is 11.3 Å². The number of pyridine rings is 1. The summed E-state index contributed by atoms with van der Waals surface area (Å²) < 4.78 is 0. The molecule has 0 saturated carbocycles. The van der Waals surface area contributed by atoms with Crippen molar-refractivity contribution in [2.75, 3.05) is 0 Å². The van der Waals surface area contributed by atoms with Gasteiger partial charge in [0.1, 0.15) is 6.04 Å². The van der Waals surface area contributed by atoms with Crippen LogP contribution in [0.15, 0.2) is 54.0 Å². The summed E-state index contributed by atoms with van der Waals surface area (Å²) in [4.78, 5) is 17.4. The number of hydrogen-bond acceptors (Lipinski definition) is 4. The Morgan fingerprint density at radius 2 is 2.10 bits per heavy atom. The molecule has 1 unspecified atom stereocenters. The van der Waals surface area contributed by atoms with E-state index in [2.05, 4.69) is 10.3 Å². The molecule has 4 nitrogen and oxygen atoms in total. The summed E-state index contributed by atoms with van der Waals surface area (Å²) >= 11 is 1.65. The van der Waals surface area contributed by atoms with Crippen molar-refractivity contribution >= 4 is 28.1 Å². The molecule has 3 N–H and O–H groups in total. The van der Waals surface area contributed by atoms with E-state index in [-0.39, 0.29) is 0 Å². The number of nitrogens with two attached hydrogens (primary N) is 1. The fraction of sp³-hybridized carbons (Fsp3) is 0.125. The molecule has 5 heteroatoms. The Morgan fingerprint density at radius 3 is 2.86 bits per heavy atom. The normalized spacial score (nSPS) is 12.4. The molecule has 0 aliphatic carbocycles. The van der Waals surface area contributed by atoms with Crippen molar-refractivity contribution in [1.82, 2.24) is 10.3 Å². The standard InChI is InChI=1S/C16H15N3OS/c17-16(20)15(19-10-12-6-3-9-21-12)13-7-1-4-11-5-2-8-18-14(11)13/h1-9,15,19H,10H2,(H2,17,20). The third kappa shape index (κ3) is 2.94. The number of benzene rings is 1. The number of hydrogen-bond donors (Lipinski definition) is 2. The average molecular weight is 297 g/mol. The molecule has 0 fully saturated rings. The van der Waals surface area contributed by atoms with Gasteiger partial charge in [-0.05, 0) is 17.5 Å². The highest BCUT2D eigenvalue weighted by Gasteiger charge is 2.20. The van der Waals surface area contributed by atoms with E-state index in [1.807, 2.05) is 47.8 Å². The number of para-hydroxylation sites is 1. The number of rotatable bonds is 5. The van der Waals surface area contributed by atoms with Crippen molar-refractivity contribution in [1.29, 1.82) is 0 Å². The summed E-state index contributed by atoms with van der Waals surface area (Å²) in [7, 11) is 0. The second-order valence-corrected chi connectivity index (χ2v) is 5.75. The van der Waals surface area contributed by atoms with Gasteiger partial charge in [0.15, 0.2) is 0 Å². The third-order valence-corrected chi connectivity index (χ3v) is 4.20. The molecule has 0 aliphatic heterocycles. The van der Waals surface area contributed by atoms with Crippen LogP contribution in [0.3, 0.4) is 0 Å². The van der Waals surface area contributed by atoms with Crippen molar-refractivity contribution < 1.29 is 4.79 Å². The van der Waals surface area contributed by atoms with Gasteiger partial charge >= 0.3 is 0 Å². The monoisotopic (exact) mass is 297 g/mol. The molecule has 21 heavy (non-hydrogen) atoms. The zero-order valence-corrected chi connectivity index (χ0v) is 12.1. The first-order valence-electron chi connectivity index (χ1n) is 6.64. The molecule has 3 rings (SSSR count). The molecule has 106 valence electrons. The minimum Gasteiger partial charge on any atom is -0.368 e. The van der Waals surface area contributed by atoms with Crippen molar-refractivity contribution in [3.8, 4) is 0 Å². The van der Waals surface area contributed by atoms with Crippen LogP contribution in [-0.2, 0) is 11.3 Å². The van der Waals surface area contributed by atoms with E-state index < -0.39 is 11.9 Å². The minimum absolute atomic E-state index is 0.398. The van der Waals surface area contributed by atoms with Crippen LogP contribution in [0.1, 0.15) is 16.5 Å². The smallest absolute Gasteiger partial charge is 0.239 e. The lowest BCUT2D eigenvalue weighted by Crippen LogP contribution is -2.33. The van der Waals surface area contributed by atoms with Crippen LogP contribution in [0.25, 0.3) is 10.9 Å². The fourth-order valence-corrected chi connectivity index (χ4v) is 3.00. The van der Waals surface area contributed by atoms with Gasteiger partial charge in [-0.2, -0.15) is 0 Å². The van der Waals surface area contributed by atoms with Crippen molar-refractivity contribution in [2.45, 2.75) is 12.6 Å². The molecule has 2 heterocycles. The summed E-state index contributed by atoms with van der Waals surface area (Å²) in [5, 5.41) is 6.23. The molecule has 3 aromatic rings. The van der Waals surface area contributed by atoms with Crippen molar-refractivity contribution in [3.63, 3.8) is 0 Å². The lowest BCUT2D eigenvalue weighted by molar-refractivity contribution is -0.120. The number of amides is 1. The lowest BCUT2D eigenvalue weighted by Gasteiger charge is -2.17. The summed E-state index contributed by atoms with van der Waals surface area (Å²) in [6.45, 7) is 0.606. The third-order valence-electron chi connectivity index (χ3n) is 3.32. The second kappa shape index (κ2) is 6.03. The first-order valence-corrected chi connectivity index (χ1v) is 7.52. The molecule has 1 amide bonds. The number of primary amides is 1. The van der Waals surface area contributed by atoms with E-state index in [1.54, 1.807) is 17.5 Å². The number of nitrogens with zero attached hydrogens (tertiary/aromatic N) is 1. The molecule has 0 radical (unpaired) electrons. The summed E-state index contributed by atoms with van der Waals surface area (Å²) in [5.41, 5.74) is 7.20. The number of thiophene rings is 1. The first kappa shape index (κ1) is 13.7. The van der Waals surface area contributed by atoms with E-state index >= 15 is 0 Å². The van der Waals surface area contributed by atoms with Crippen molar-refractivity contribution in [2.24, 2.45) is 5.73 Å². The van der Waals surface area contributed by atoms with Crippen LogP contribution < -0.4 is 11.1 Å². The molecular formula is C16H15N3OS. The van der Waals surface area contributed by atoms with E-state index in [1.165, 1.54) is 0 Å². The van der Waals surface area contributed by atoms with Gasteiger partial charge in [0.25, 0.3) is 0 Å². The van der Waals surface area contributed by atoms with Crippen LogP contribution >= 0.6 is 11.3 Å². The predicted octanol–water partition coefficient (Wildman–Crippen LogP) is 2.61. The maximum atomic E-state index is 11.8. The van der Waals surface area contributed by atoms with Gasteiger partial charge in [-0.3, -0.25) is 15.1 Å². The minimum atomic E-state index is -0.550. The predicted molar refractivity (Wildman–Crippen MR) is 84.8 cm³/mol. The van der Waals surface area contributed by atoms with Crippen LogP contribution in [0.5, 0.6) is 0 Å². The molecule has 0 bridgehead atoms. The lowest BCUT2D eigenvalue weighted by atomic mass is 10.0. The van der Waals surface area contributed by atoms with Crippen molar-refractivity contribution in [3.05, 3.63) is 64.5 Å². The molecule has 1 atom stereocenters. The van der Waals surface area contributed by atoms with Gasteiger partial charge in [0.05, 0.1) is 5.52 Å². The summed E-state index contributed by atoms with van der Waals surface area (Å²) in [5.74, 6) is -0.398. The fourth-order valence-electron chi connectivity index (χ4n) is 2.34. The van der Waals surface area contributed by atoms with E-state index in [9.17, 15) is 4.79 Å². The number of aromatic nitrogens is 1. The van der Waals surface area contributed by atoms with Crippen LogP contribution in [0.4, 0.5) is 0 Å². The van der Waals surface area contributed by atoms with Crippen LogP contribution in [0, 0.1) is 0 Å². The first-order chi connectivity index (χ1) is 10.3. The van der Waals surface area contributed by atoms with Gasteiger partial charge < -0.3 is 5.73 Å². The number of carbonyl (C=O) groups is 1. The van der Waals surface area contributed by atoms with Gasteiger partial charge in [-0.1, -0.05) is 30.3 Å². The highest BCUT2D eigenvalue weighted by molar-refractivity contribution is 7.09. The maximum Gasteiger partial charge on any atom is 0.239 e. The Hall–Kier alpha value is -2.24. The number of carbonyl (C=O) groups excluding carboxylic acids is 1. The molecule has 0 aliphatic rings. The van der Waals surface area contributed by atoms with Crippen LogP contribution in [-0.4, -0.2) is 10.9 Å². The van der Waals surface area contributed by atoms with E-state index in [0.717, 1.165) is 21.3 Å². The Labute approximate surface area is 126 Å². The number of nitrogens with one attached hydrogen (secondary N) is 1. The Balaban J connectivity index is 1.94. The van der Waals surface area contributed by atoms with Gasteiger partial charge in [-0.25, -0.2) is 0 Å². The van der Waals surface area contributed by atoms with Crippen LogP contribution in [0.2, 0.25) is 0 Å². The van der Waals surface area contributed by atoms with E-state index in [0.29, 0.717) is 6.54 Å². The molecule has 2 aromatic heterocycles. The molecule has 1 aromatic carbocycles.